The summed E-state index contributed by atoms with van der Waals surface area (Å²) in [5.41, 5.74) is 5.27. The molecule has 0 aliphatic rings. The Kier molecular flexibility index (Phi) is 8.79. The van der Waals surface area contributed by atoms with Gasteiger partial charge in [-0.3, -0.25) is 9.52 Å². The lowest BCUT2D eigenvalue weighted by atomic mass is 10.0. The normalized spacial score (nSPS) is 14.7. The smallest absolute Gasteiger partial charge is 0.324 e. The first-order chi connectivity index (χ1) is 7.17. The molecule has 0 aromatic carbocycles. The molecule has 0 heterocycles. The van der Waals surface area contributed by atoms with E-state index in [4.69, 9.17) is 10.5 Å². The van der Waals surface area contributed by atoms with Crippen molar-refractivity contribution in [3.8, 4) is 0 Å². The molecule has 0 radical (unpaired) electrons. The van der Waals surface area contributed by atoms with E-state index in [1.165, 1.54) is 12.1 Å². The van der Waals surface area contributed by atoms with Crippen molar-refractivity contribution in [2.45, 2.75) is 26.3 Å². The van der Waals surface area contributed by atoms with Crippen LogP contribution in [0.5, 0.6) is 0 Å². The lowest BCUT2D eigenvalue weighted by Crippen LogP contribution is -2.41. The van der Waals surface area contributed by atoms with Gasteiger partial charge in [0.15, 0.2) is 0 Å². The second kappa shape index (κ2) is 8.96. The van der Waals surface area contributed by atoms with E-state index in [1.807, 2.05) is 13.8 Å². The molecule has 0 spiro atoms. The van der Waals surface area contributed by atoms with Gasteiger partial charge >= 0.3 is 5.97 Å². The number of hydrogen-bond acceptors (Lipinski definition) is 6. The number of rotatable bonds is 8. The van der Waals surface area contributed by atoms with Crippen LogP contribution in [0.15, 0.2) is 0 Å². The van der Waals surface area contributed by atoms with Gasteiger partial charge in [-0.2, -0.15) is 0 Å². The lowest BCUT2D eigenvalue weighted by molar-refractivity contribution is -0.146. The summed E-state index contributed by atoms with van der Waals surface area (Å²) in [6, 6.07) is -0.293. The van der Waals surface area contributed by atoms with E-state index in [2.05, 4.69) is 9.44 Å². The van der Waals surface area contributed by atoms with E-state index >= 15 is 0 Å². The first-order valence-electron chi connectivity index (χ1n) is 5.12. The van der Waals surface area contributed by atoms with Crippen LogP contribution in [-0.4, -0.2) is 32.2 Å². The zero-order valence-electron chi connectivity index (χ0n) is 9.58. The van der Waals surface area contributed by atoms with Crippen LogP contribution < -0.4 is 15.2 Å². The summed E-state index contributed by atoms with van der Waals surface area (Å²) in [4.78, 5) is 11.6. The van der Waals surface area contributed by atoms with Crippen LogP contribution in [0.3, 0.4) is 0 Å². The number of esters is 1. The fraction of sp³-hybridized carbons (Fsp3) is 0.889. The molecule has 90 valence electrons. The summed E-state index contributed by atoms with van der Waals surface area (Å²) in [5, 5.41) is 0. The Balaban J connectivity index is 4.14. The monoisotopic (exact) mass is 235 g/mol. The molecule has 6 heteroatoms. The van der Waals surface area contributed by atoms with E-state index in [1.54, 1.807) is 7.05 Å². The van der Waals surface area contributed by atoms with Gasteiger partial charge in [0.25, 0.3) is 0 Å². The van der Waals surface area contributed by atoms with Gasteiger partial charge in [0, 0.05) is 18.7 Å². The molecule has 0 fully saturated rings. The summed E-state index contributed by atoms with van der Waals surface area (Å²) in [6.45, 7) is 4.69. The quantitative estimate of drug-likeness (QED) is 0.414. The summed E-state index contributed by atoms with van der Waals surface area (Å²) in [7, 11) is 1.79. The molecule has 0 unspecified atom stereocenters. The average molecular weight is 235 g/mol. The molecule has 0 aliphatic carbocycles. The van der Waals surface area contributed by atoms with Crippen LogP contribution in [-0.2, 0) is 9.53 Å². The molecule has 0 rings (SSSR count). The molecule has 0 bridgehead atoms. The van der Waals surface area contributed by atoms with Gasteiger partial charge in [0.05, 0.1) is 0 Å². The molecule has 0 amide bonds. The second-order valence-corrected chi connectivity index (χ2v) is 4.09. The number of carbonyl (C=O) groups excluding carboxylic acids is 1. The van der Waals surface area contributed by atoms with Gasteiger partial charge in [0.1, 0.15) is 12.6 Å². The van der Waals surface area contributed by atoms with E-state index in [9.17, 15) is 4.79 Å². The van der Waals surface area contributed by atoms with Gasteiger partial charge in [-0.15, -0.1) is 0 Å². The Bertz CT molecular complexity index is 181. The molecular weight excluding hydrogens is 214 g/mol. The Hall–Kier alpha value is -0.300. The summed E-state index contributed by atoms with van der Waals surface area (Å²) < 4.78 is 10.9. The Morgan fingerprint density at radius 2 is 2.27 bits per heavy atom. The van der Waals surface area contributed by atoms with Crippen molar-refractivity contribution in [2.24, 2.45) is 11.7 Å². The molecule has 0 aromatic rings. The summed E-state index contributed by atoms with van der Waals surface area (Å²) in [6.07, 6.45) is 0.916. The molecule has 0 aromatic heterocycles. The number of nitrogens with one attached hydrogen (secondary N) is 2. The van der Waals surface area contributed by atoms with E-state index in [0.29, 0.717) is 6.54 Å². The summed E-state index contributed by atoms with van der Waals surface area (Å²) >= 11 is 1.29. The molecule has 5 nitrogen and oxygen atoms in total. The van der Waals surface area contributed by atoms with Gasteiger partial charge in [-0.05, 0) is 13.0 Å². The fourth-order valence-electron chi connectivity index (χ4n) is 1.00. The predicted octanol–water partition coefficient (Wildman–Crippen LogP) is 0.275. The highest BCUT2D eigenvalue weighted by molar-refractivity contribution is 7.95. The lowest BCUT2D eigenvalue weighted by Gasteiger charge is -2.21. The number of carbonyl (C=O) groups is 1. The zero-order chi connectivity index (χ0) is 11.7. The first-order valence-corrected chi connectivity index (χ1v) is 5.93. The molecule has 0 saturated heterocycles. The highest BCUT2D eigenvalue weighted by Gasteiger charge is 2.24. The molecule has 15 heavy (non-hydrogen) atoms. The number of hydrogen-bond donors (Lipinski definition) is 3. The van der Waals surface area contributed by atoms with Crippen molar-refractivity contribution in [2.75, 3.05) is 20.2 Å². The fourth-order valence-corrected chi connectivity index (χ4v) is 1.58. The average Bonchev–Trinajstić information content (AvgIpc) is 2.26. The minimum absolute atomic E-state index is 0.233. The highest BCUT2D eigenvalue weighted by atomic mass is 32.2. The third-order valence-corrected chi connectivity index (χ3v) is 2.69. The van der Waals surface area contributed by atoms with Gasteiger partial charge < -0.3 is 10.5 Å². The van der Waals surface area contributed by atoms with Crippen LogP contribution in [0.4, 0.5) is 0 Å². The third kappa shape index (κ3) is 5.99. The van der Waals surface area contributed by atoms with Gasteiger partial charge in [0.2, 0.25) is 0 Å². The van der Waals surface area contributed by atoms with Crippen LogP contribution in [0, 0.1) is 5.92 Å². The minimum atomic E-state index is -0.293. The van der Waals surface area contributed by atoms with Crippen molar-refractivity contribution in [1.82, 2.24) is 9.44 Å². The standard InChI is InChI=1S/C9H21N3O2S/c1-4-7(2)8(12-15-11-3)9(13)14-6-5-10/h7-8,11-12H,4-6,10H2,1-3H3/t7-,8-/m0/s1. The van der Waals surface area contributed by atoms with Crippen LogP contribution in [0.1, 0.15) is 20.3 Å². The maximum atomic E-state index is 11.6. The number of ether oxygens (including phenoxy) is 1. The largest absolute Gasteiger partial charge is 0.463 e. The molecular formula is C9H21N3O2S. The topological polar surface area (TPSA) is 76.4 Å². The highest BCUT2D eigenvalue weighted by Crippen LogP contribution is 2.11. The van der Waals surface area contributed by atoms with E-state index in [-0.39, 0.29) is 24.5 Å². The van der Waals surface area contributed by atoms with Crippen molar-refractivity contribution in [1.29, 1.82) is 0 Å². The molecule has 2 atom stereocenters. The van der Waals surface area contributed by atoms with Crippen LogP contribution in [0.25, 0.3) is 0 Å². The molecule has 0 aliphatic heterocycles. The van der Waals surface area contributed by atoms with Gasteiger partial charge in [-0.1, -0.05) is 20.3 Å². The number of nitrogens with two attached hydrogens (primary N) is 1. The van der Waals surface area contributed by atoms with Crippen LogP contribution >= 0.6 is 12.1 Å². The third-order valence-electron chi connectivity index (χ3n) is 2.12. The van der Waals surface area contributed by atoms with Gasteiger partial charge in [-0.25, -0.2) is 4.72 Å². The zero-order valence-corrected chi connectivity index (χ0v) is 10.4. The van der Waals surface area contributed by atoms with E-state index in [0.717, 1.165) is 6.42 Å². The maximum absolute atomic E-state index is 11.6. The predicted molar refractivity (Wildman–Crippen MR) is 63.0 cm³/mol. The Morgan fingerprint density at radius 1 is 1.60 bits per heavy atom. The SMILES string of the molecule is CC[C@H](C)[C@H](NSNC)C(=O)OCCN. The Morgan fingerprint density at radius 3 is 2.73 bits per heavy atom. The second-order valence-electron chi connectivity index (χ2n) is 3.24. The van der Waals surface area contributed by atoms with Crippen molar-refractivity contribution < 1.29 is 9.53 Å². The van der Waals surface area contributed by atoms with E-state index < -0.39 is 0 Å². The Labute approximate surface area is 95.8 Å². The summed E-state index contributed by atoms with van der Waals surface area (Å²) in [5.74, 6) is -0.00586. The minimum Gasteiger partial charge on any atom is -0.463 e. The molecule has 4 N–H and O–H groups in total. The van der Waals surface area contributed by atoms with Crippen molar-refractivity contribution in [3.63, 3.8) is 0 Å². The van der Waals surface area contributed by atoms with Crippen molar-refractivity contribution in [3.05, 3.63) is 0 Å². The van der Waals surface area contributed by atoms with Crippen molar-refractivity contribution >= 4 is 18.1 Å². The van der Waals surface area contributed by atoms with Crippen LogP contribution in [0.2, 0.25) is 0 Å². The first kappa shape index (κ1) is 14.7. The maximum Gasteiger partial charge on any atom is 0.324 e. The molecule has 0 saturated carbocycles.